The van der Waals surface area contributed by atoms with E-state index >= 15 is 0 Å². The number of nitrogens with zero attached hydrogens (tertiary/aromatic N) is 4. The van der Waals surface area contributed by atoms with Crippen molar-refractivity contribution in [1.82, 2.24) is 19.6 Å². The average Bonchev–Trinajstić information content (AvgIpc) is 3.19. The lowest BCUT2D eigenvalue weighted by molar-refractivity contribution is 0.241. The van der Waals surface area contributed by atoms with Crippen molar-refractivity contribution < 1.29 is 4.74 Å². The predicted molar refractivity (Wildman–Crippen MR) is 108 cm³/mol. The summed E-state index contributed by atoms with van der Waals surface area (Å²) in [5.74, 6) is 0.705. The molecule has 0 atom stereocenters. The molecular formula is C22H20N4O2. The molecule has 0 amide bonds. The van der Waals surface area contributed by atoms with Crippen LogP contribution in [-0.4, -0.2) is 25.7 Å². The Bertz CT molecular complexity index is 1150. The van der Waals surface area contributed by atoms with Crippen molar-refractivity contribution in [2.75, 3.05) is 0 Å². The zero-order valence-corrected chi connectivity index (χ0v) is 15.7. The number of para-hydroxylation sites is 3. The summed E-state index contributed by atoms with van der Waals surface area (Å²) in [6, 6.07) is 20.6. The molecule has 4 aromatic rings. The van der Waals surface area contributed by atoms with E-state index in [2.05, 4.69) is 10.2 Å². The highest BCUT2D eigenvalue weighted by molar-refractivity contribution is 5.57. The minimum Gasteiger partial charge on any atom is -0.489 e. The summed E-state index contributed by atoms with van der Waals surface area (Å²) in [6.45, 7) is 3.94. The molecule has 0 fully saturated rings. The van der Waals surface area contributed by atoms with Gasteiger partial charge in [0.25, 0.3) is 0 Å². The van der Waals surface area contributed by atoms with Crippen LogP contribution in [0.15, 0.2) is 83.9 Å². The minimum absolute atomic E-state index is 0.0273. The largest absolute Gasteiger partial charge is 0.489 e. The zero-order valence-electron chi connectivity index (χ0n) is 15.7. The van der Waals surface area contributed by atoms with Crippen molar-refractivity contribution in [3.05, 3.63) is 89.3 Å². The fourth-order valence-electron chi connectivity index (χ4n) is 2.98. The lowest BCUT2D eigenvalue weighted by atomic mass is 10.2. The van der Waals surface area contributed by atoms with Gasteiger partial charge in [-0.3, -0.25) is 4.79 Å². The van der Waals surface area contributed by atoms with E-state index in [0.717, 1.165) is 11.4 Å². The SMILES string of the molecule is CC(C)Oc1ccccc1-n1ccc(=O)c(-c2ccnn2-c2ccccc2)n1. The molecule has 0 aliphatic rings. The lowest BCUT2D eigenvalue weighted by Crippen LogP contribution is -2.16. The molecule has 2 aromatic carbocycles. The molecule has 0 bridgehead atoms. The second-order valence-corrected chi connectivity index (χ2v) is 6.57. The van der Waals surface area contributed by atoms with Crippen LogP contribution in [-0.2, 0) is 0 Å². The van der Waals surface area contributed by atoms with E-state index in [9.17, 15) is 4.79 Å². The van der Waals surface area contributed by atoms with E-state index in [1.54, 1.807) is 27.8 Å². The van der Waals surface area contributed by atoms with Gasteiger partial charge in [-0.2, -0.15) is 10.2 Å². The number of aromatic nitrogens is 4. The van der Waals surface area contributed by atoms with Gasteiger partial charge in [-0.25, -0.2) is 9.36 Å². The fraction of sp³-hybridized carbons (Fsp3) is 0.136. The third-order valence-corrected chi connectivity index (χ3v) is 4.17. The van der Waals surface area contributed by atoms with E-state index < -0.39 is 0 Å². The standard InChI is InChI=1S/C22H20N4O2/c1-16(2)28-21-11-7-6-10-18(21)25-15-13-20(27)22(24-25)19-12-14-23-26(19)17-8-4-3-5-9-17/h3-16H,1-2H3. The van der Waals surface area contributed by atoms with Crippen LogP contribution in [0.4, 0.5) is 0 Å². The number of benzene rings is 2. The first-order valence-electron chi connectivity index (χ1n) is 9.09. The van der Waals surface area contributed by atoms with Gasteiger partial charge in [0.1, 0.15) is 11.4 Å². The van der Waals surface area contributed by atoms with Gasteiger partial charge in [-0.15, -0.1) is 0 Å². The maximum Gasteiger partial charge on any atom is 0.209 e. The number of hydrogen-bond donors (Lipinski definition) is 0. The van der Waals surface area contributed by atoms with Gasteiger partial charge in [0.05, 0.1) is 23.7 Å². The topological polar surface area (TPSA) is 61.9 Å². The normalized spacial score (nSPS) is 11.0. The van der Waals surface area contributed by atoms with Gasteiger partial charge < -0.3 is 4.74 Å². The van der Waals surface area contributed by atoms with Crippen LogP contribution in [0.2, 0.25) is 0 Å². The first kappa shape index (κ1) is 17.7. The van der Waals surface area contributed by atoms with Crippen molar-refractivity contribution >= 4 is 0 Å². The number of hydrogen-bond acceptors (Lipinski definition) is 4. The van der Waals surface area contributed by atoms with Crippen molar-refractivity contribution in [3.8, 4) is 28.5 Å². The first-order valence-corrected chi connectivity index (χ1v) is 9.09. The molecule has 2 aromatic heterocycles. The number of rotatable bonds is 5. The fourth-order valence-corrected chi connectivity index (χ4v) is 2.98. The summed E-state index contributed by atoms with van der Waals surface area (Å²) in [5.41, 5.74) is 2.41. The second kappa shape index (κ2) is 7.52. The Hall–Kier alpha value is -3.67. The van der Waals surface area contributed by atoms with Gasteiger partial charge in [0, 0.05) is 12.3 Å². The van der Waals surface area contributed by atoms with Crippen molar-refractivity contribution in [3.63, 3.8) is 0 Å². The molecule has 6 nitrogen and oxygen atoms in total. The monoisotopic (exact) mass is 372 g/mol. The van der Waals surface area contributed by atoms with Gasteiger partial charge in [0.2, 0.25) is 5.43 Å². The lowest BCUT2D eigenvalue weighted by Gasteiger charge is -2.15. The molecule has 4 rings (SSSR count). The van der Waals surface area contributed by atoms with Crippen LogP contribution in [0, 0.1) is 0 Å². The van der Waals surface area contributed by atoms with Crippen LogP contribution in [0.25, 0.3) is 22.8 Å². The summed E-state index contributed by atoms with van der Waals surface area (Å²) in [6.07, 6.45) is 3.34. The highest BCUT2D eigenvalue weighted by atomic mass is 16.5. The Morgan fingerprint density at radius 1 is 0.929 bits per heavy atom. The highest BCUT2D eigenvalue weighted by Gasteiger charge is 2.15. The second-order valence-electron chi connectivity index (χ2n) is 6.57. The molecule has 0 spiro atoms. The third-order valence-electron chi connectivity index (χ3n) is 4.17. The molecule has 0 N–H and O–H groups in total. The van der Waals surface area contributed by atoms with E-state index in [0.29, 0.717) is 17.1 Å². The maximum atomic E-state index is 12.6. The maximum absolute atomic E-state index is 12.6. The van der Waals surface area contributed by atoms with Crippen LogP contribution in [0.1, 0.15) is 13.8 Å². The summed E-state index contributed by atoms with van der Waals surface area (Å²) >= 11 is 0. The first-order chi connectivity index (χ1) is 13.6. The summed E-state index contributed by atoms with van der Waals surface area (Å²) in [7, 11) is 0. The molecule has 0 unspecified atom stereocenters. The molecule has 0 radical (unpaired) electrons. The molecule has 2 heterocycles. The summed E-state index contributed by atoms with van der Waals surface area (Å²) < 4.78 is 9.27. The van der Waals surface area contributed by atoms with E-state index in [4.69, 9.17) is 4.74 Å². The van der Waals surface area contributed by atoms with Crippen molar-refractivity contribution in [2.45, 2.75) is 20.0 Å². The van der Waals surface area contributed by atoms with E-state index in [1.165, 1.54) is 6.07 Å². The van der Waals surface area contributed by atoms with Crippen LogP contribution >= 0.6 is 0 Å². The molecule has 0 saturated carbocycles. The Kier molecular flexibility index (Phi) is 4.76. The molecule has 0 aliphatic heterocycles. The molecule has 28 heavy (non-hydrogen) atoms. The molecule has 140 valence electrons. The minimum atomic E-state index is -0.170. The van der Waals surface area contributed by atoms with E-state index in [-0.39, 0.29) is 11.5 Å². The van der Waals surface area contributed by atoms with Crippen LogP contribution < -0.4 is 10.2 Å². The van der Waals surface area contributed by atoms with E-state index in [1.807, 2.05) is 68.4 Å². The zero-order chi connectivity index (χ0) is 19.5. The molecule has 0 saturated heterocycles. The Morgan fingerprint density at radius 2 is 1.68 bits per heavy atom. The van der Waals surface area contributed by atoms with Crippen molar-refractivity contribution in [1.29, 1.82) is 0 Å². The molecule has 6 heteroatoms. The van der Waals surface area contributed by atoms with Gasteiger partial charge in [0.15, 0.2) is 5.69 Å². The van der Waals surface area contributed by atoms with Gasteiger partial charge >= 0.3 is 0 Å². The van der Waals surface area contributed by atoms with Gasteiger partial charge in [-0.1, -0.05) is 30.3 Å². The summed E-state index contributed by atoms with van der Waals surface area (Å²) in [4.78, 5) is 12.6. The third kappa shape index (κ3) is 3.44. The smallest absolute Gasteiger partial charge is 0.209 e. The van der Waals surface area contributed by atoms with Crippen LogP contribution in [0.5, 0.6) is 5.75 Å². The van der Waals surface area contributed by atoms with Gasteiger partial charge in [-0.05, 0) is 44.2 Å². The average molecular weight is 372 g/mol. The Labute approximate surface area is 162 Å². The van der Waals surface area contributed by atoms with Crippen molar-refractivity contribution in [2.24, 2.45) is 0 Å². The predicted octanol–water partition coefficient (Wildman–Crippen LogP) is 3.87. The Morgan fingerprint density at radius 3 is 2.46 bits per heavy atom. The highest BCUT2D eigenvalue weighted by Crippen LogP contribution is 2.24. The van der Waals surface area contributed by atoms with Crippen LogP contribution in [0.3, 0.4) is 0 Å². The quantitative estimate of drug-likeness (QED) is 0.533. The summed E-state index contributed by atoms with van der Waals surface area (Å²) in [5, 5.41) is 8.97. The number of ether oxygens (including phenoxy) is 1. The molecular weight excluding hydrogens is 352 g/mol. The Balaban J connectivity index is 1.83. The molecule has 0 aliphatic carbocycles.